The molecule has 222 valence electrons. The molecule has 4 unspecified atom stereocenters. The molecule has 2 heterocycles. The Labute approximate surface area is 231 Å². The third-order valence-corrected chi connectivity index (χ3v) is 5.21. The Hall–Kier alpha value is -3.65. The van der Waals surface area contributed by atoms with E-state index in [2.05, 4.69) is 15.6 Å². The molecule has 16 heteroatoms. The predicted molar refractivity (Wildman–Crippen MR) is 131 cm³/mol. The number of rotatable bonds is 17. The van der Waals surface area contributed by atoms with Crippen molar-refractivity contribution in [2.75, 3.05) is 46.2 Å². The second kappa shape index (κ2) is 17.8. The number of nitrogens with one attached hydrogen (secondary N) is 1. The Morgan fingerprint density at radius 3 is 2.25 bits per heavy atom. The summed E-state index contributed by atoms with van der Waals surface area (Å²) in [5.41, 5.74) is 0.538. The van der Waals surface area contributed by atoms with Gasteiger partial charge in [-0.25, -0.2) is 4.68 Å². The van der Waals surface area contributed by atoms with Crippen molar-refractivity contribution in [1.82, 2.24) is 20.3 Å². The Morgan fingerprint density at radius 2 is 1.60 bits per heavy atom. The highest BCUT2D eigenvalue weighted by atomic mass is 16.6. The van der Waals surface area contributed by atoms with Crippen LogP contribution in [0, 0.1) is 11.3 Å². The Bertz CT molecular complexity index is 1010. The molecule has 16 nitrogen and oxygen atoms in total. The van der Waals surface area contributed by atoms with E-state index in [-0.39, 0.29) is 32.1 Å². The van der Waals surface area contributed by atoms with Crippen LogP contribution in [-0.2, 0) is 65.5 Å². The lowest BCUT2D eigenvalue weighted by atomic mass is 9.99. The molecule has 1 aromatic heterocycles. The van der Waals surface area contributed by atoms with Crippen molar-refractivity contribution in [2.24, 2.45) is 0 Å². The predicted octanol–water partition coefficient (Wildman–Crippen LogP) is -0.948. The van der Waals surface area contributed by atoms with E-state index in [1.807, 2.05) is 0 Å². The van der Waals surface area contributed by atoms with Gasteiger partial charge < -0.3 is 38.5 Å². The number of carbonyl (C=O) groups excluding carboxylic acids is 4. The number of nitriles is 1. The number of aromatic nitrogens is 3. The first-order valence-electron chi connectivity index (χ1n) is 12.6. The van der Waals surface area contributed by atoms with Gasteiger partial charge in [0.2, 0.25) is 5.91 Å². The largest absolute Gasteiger partial charge is 0.456 e. The molecular weight excluding hydrogens is 534 g/mol. The average molecular weight is 570 g/mol. The van der Waals surface area contributed by atoms with E-state index in [4.69, 9.17) is 38.4 Å². The fraction of sp³-hybridized carbons (Fsp3) is 0.708. The molecule has 0 spiro atoms. The molecule has 0 aromatic carbocycles. The molecule has 0 aliphatic carbocycles. The molecule has 1 N–H and O–H groups in total. The third-order valence-electron chi connectivity index (χ3n) is 5.21. The molecule has 1 aromatic rings. The third kappa shape index (κ3) is 12.5. The normalized spacial score (nSPS) is 20.2. The van der Waals surface area contributed by atoms with Crippen LogP contribution in [0.1, 0.15) is 32.9 Å². The van der Waals surface area contributed by atoms with Crippen LogP contribution in [0.15, 0.2) is 6.20 Å². The number of esters is 3. The van der Waals surface area contributed by atoms with E-state index in [1.165, 1.54) is 25.5 Å². The van der Waals surface area contributed by atoms with Gasteiger partial charge >= 0.3 is 17.9 Å². The zero-order valence-electron chi connectivity index (χ0n) is 22.7. The molecule has 0 saturated carbocycles. The number of hydrogen-bond acceptors (Lipinski definition) is 14. The molecule has 40 heavy (non-hydrogen) atoms. The van der Waals surface area contributed by atoms with Gasteiger partial charge in [-0.1, -0.05) is 5.21 Å². The zero-order chi connectivity index (χ0) is 29.3. The van der Waals surface area contributed by atoms with Gasteiger partial charge in [0.15, 0.2) is 18.3 Å². The van der Waals surface area contributed by atoms with Gasteiger partial charge in [0, 0.05) is 27.3 Å². The average Bonchev–Trinajstić information content (AvgIpc) is 3.32. The highest BCUT2D eigenvalue weighted by molar-refractivity contribution is 5.77. The monoisotopic (exact) mass is 569 g/mol. The van der Waals surface area contributed by atoms with Crippen molar-refractivity contribution in [3.63, 3.8) is 0 Å². The maximum absolute atomic E-state index is 11.8. The summed E-state index contributed by atoms with van der Waals surface area (Å²) < 4.78 is 39.5. The van der Waals surface area contributed by atoms with Gasteiger partial charge in [-0.2, -0.15) is 5.26 Å². The lowest BCUT2D eigenvalue weighted by Crippen LogP contribution is -2.58. The van der Waals surface area contributed by atoms with Gasteiger partial charge in [-0.05, 0) is 0 Å². The molecule has 1 saturated heterocycles. The molecule has 1 fully saturated rings. The lowest BCUT2D eigenvalue weighted by molar-refractivity contribution is -0.227. The Kier molecular flexibility index (Phi) is 14.5. The number of nitrogens with zero attached hydrogens (tertiary/aromatic N) is 4. The van der Waals surface area contributed by atoms with Crippen molar-refractivity contribution < 1.29 is 52.3 Å². The summed E-state index contributed by atoms with van der Waals surface area (Å²) in [7, 11) is 0. The van der Waals surface area contributed by atoms with Crippen molar-refractivity contribution in [3.8, 4) is 6.07 Å². The summed E-state index contributed by atoms with van der Waals surface area (Å²) in [5, 5.41) is 19.0. The minimum absolute atomic E-state index is 0.0748. The van der Waals surface area contributed by atoms with Crippen molar-refractivity contribution in [1.29, 1.82) is 5.26 Å². The number of amides is 1. The zero-order valence-corrected chi connectivity index (χ0v) is 22.7. The quantitative estimate of drug-likeness (QED) is 0.137. The van der Waals surface area contributed by atoms with Crippen molar-refractivity contribution in [2.45, 2.75) is 64.8 Å². The minimum Gasteiger partial charge on any atom is -0.456 e. The highest BCUT2D eigenvalue weighted by Crippen LogP contribution is 2.25. The van der Waals surface area contributed by atoms with E-state index >= 15 is 0 Å². The summed E-state index contributed by atoms with van der Waals surface area (Å²) >= 11 is 0. The van der Waals surface area contributed by atoms with Crippen LogP contribution < -0.4 is 5.32 Å². The first-order chi connectivity index (χ1) is 19.2. The van der Waals surface area contributed by atoms with Crippen LogP contribution in [-0.4, -0.2) is 109 Å². The molecule has 4 atom stereocenters. The standard InChI is InChI=1S/C24H35N5O11/c1-16(30)38-21-15-37-20(23(39-17(2)31)24(21)40-18(3)32)13-29-12-19(27-28-29)14-36-11-10-35-9-8-34-7-6-26-22(33)4-5-25/h12,20-21,23-24H,4,6-11,13-15H2,1-3H3,(H,26,33). The second-order valence-electron chi connectivity index (χ2n) is 8.56. The van der Waals surface area contributed by atoms with Crippen LogP contribution in [0.2, 0.25) is 0 Å². The fourth-order valence-corrected chi connectivity index (χ4v) is 3.66. The lowest BCUT2D eigenvalue weighted by Gasteiger charge is -2.40. The smallest absolute Gasteiger partial charge is 0.303 e. The first-order valence-corrected chi connectivity index (χ1v) is 12.6. The van der Waals surface area contributed by atoms with Crippen LogP contribution in [0.4, 0.5) is 0 Å². The van der Waals surface area contributed by atoms with E-state index in [9.17, 15) is 19.2 Å². The van der Waals surface area contributed by atoms with E-state index in [0.29, 0.717) is 45.3 Å². The van der Waals surface area contributed by atoms with Gasteiger partial charge in [0.1, 0.15) is 18.2 Å². The maximum atomic E-state index is 11.8. The number of carbonyl (C=O) groups is 4. The maximum Gasteiger partial charge on any atom is 0.303 e. The highest BCUT2D eigenvalue weighted by Gasteiger charge is 2.47. The second-order valence-corrected chi connectivity index (χ2v) is 8.56. The molecular formula is C24H35N5O11. The summed E-state index contributed by atoms with van der Waals surface area (Å²) in [6.45, 7) is 5.80. The first kappa shape index (κ1) is 32.6. The summed E-state index contributed by atoms with van der Waals surface area (Å²) in [5.74, 6) is -2.19. The van der Waals surface area contributed by atoms with Gasteiger partial charge in [-0.15, -0.1) is 5.10 Å². The Balaban J connectivity index is 1.73. The van der Waals surface area contributed by atoms with Crippen LogP contribution in [0.25, 0.3) is 0 Å². The van der Waals surface area contributed by atoms with Gasteiger partial charge in [-0.3, -0.25) is 19.2 Å². The van der Waals surface area contributed by atoms with E-state index in [1.54, 1.807) is 12.3 Å². The SMILES string of the molecule is CC(=O)OC1COC(Cn2cc(COCCOCCOCCNC(=O)CC#N)nn2)C(OC(C)=O)C1OC(C)=O. The minimum atomic E-state index is -1.06. The van der Waals surface area contributed by atoms with Gasteiger partial charge in [0.25, 0.3) is 0 Å². The molecule has 2 rings (SSSR count). The topological polar surface area (TPSA) is 199 Å². The number of ether oxygens (including phenoxy) is 7. The van der Waals surface area contributed by atoms with Crippen LogP contribution >= 0.6 is 0 Å². The molecule has 0 bridgehead atoms. The van der Waals surface area contributed by atoms with E-state index in [0.717, 1.165) is 0 Å². The number of hydrogen-bond donors (Lipinski definition) is 1. The van der Waals surface area contributed by atoms with E-state index < -0.39 is 42.3 Å². The molecule has 1 amide bonds. The summed E-state index contributed by atoms with van der Waals surface area (Å²) in [6.07, 6.45) is -2.36. The molecule has 1 aliphatic heterocycles. The van der Waals surface area contributed by atoms with Crippen LogP contribution in [0.3, 0.4) is 0 Å². The molecule has 0 radical (unpaired) electrons. The Morgan fingerprint density at radius 1 is 0.975 bits per heavy atom. The van der Waals surface area contributed by atoms with Crippen LogP contribution in [0.5, 0.6) is 0 Å². The van der Waals surface area contributed by atoms with Crippen molar-refractivity contribution >= 4 is 23.8 Å². The van der Waals surface area contributed by atoms with Crippen molar-refractivity contribution in [3.05, 3.63) is 11.9 Å². The van der Waals surface area contributed by atoms with Gasteiger partial charge in [0.05, 0.1) is 65.1 Å². The fourth-order valence-electron chi connectivity index (χ4n) is 3.66. The summed E-state index contributed by atoms with van der Waals surface area (Å²) in [4.78, 5) is 46.1. The molecule has 1 aliphatic rings. The summed E-state index contributed by atoms with van der Waals surface area (Å²) in [6, 6.07) is 1.76.